The van der Waals surface area contributed by atoms with E-state index in [1.165, 1.54) is 16.7 Å². The maximum Gasteiger partial charge on any atom is 0.224 e. The molecule has 0 fully saturated rings. The highest BCUT2D eigenvalue weighted by Crippen LogP contribution is 2.23. The molecule has 0 unspecified atom stereocenters. The zero-order valence-corrected chi connectivity index (χ0v) is 23.4. The van der Waals surface area contributed by atoms with Crippen LogP contribution in [0.15, 0.2) is 97.1 Å². The number of rotatable bonds is 12. The van der Waals surface area contributed by atoms with Crippen LogP contribution in [0.4, 0.5) is 0 Å². The minimum atomic E-state index is 0.0459. The first-order valence-corrected chi connectivity index (χ1v) is 14.1. The Morgan fingerprint density at radius 3 is 2.27 bits per heavy atom. The van der Waals surface area contributed by atoms with Crippen LogP contribution in [0.3, 0.4) is 0 Å². The van der Waals surface area contributed by atoms with Gasteiger partial charge in [-0.2, -0.15) is 0 Å². The maximum atomic E-state index is 12.6. The number of nitrogens with one attached hydrogen (secondary N) is 1. The predicted octanol–water partition coefficient (Wildman–Crippen LogP) is 7.08. The number of ether oxygens (including phenoxy) is 1. The molecule has 1 aromatic heterocycles. The first-order chi connectivity index (χ1) is 19.6. The van der Waals surface area contributed by atoms with E-state index in [0.29, 0.717) is 19.6 Å². The van der Waals surface area contributed by atoms with Gasteiger partial charge in [0, 0.05) is 19.5 Å². The number of carbonyl (C=O) groups is 1. The number of amides is 1. The molecule has 0 saturated carbocycles. The number of nitrogens with zero attached hydrogens (tertiary/aromatic N) is 2. The molecule has 1 heterocycles. The average molecular weight is 532 g/mol. The molecular weight excluding hydrogens is 494 g/mol. The summed E-state index contributed by atoms with van der Waals surface area (Å²) in [4.78, 5) is 17.5. The standard InChI is InChI=1S/C35H37N3O2/c1-26-11-8-12-27(2)35(26)40-24-10-23-38-32-16-7-6-15-31(32)37-33(38)17-9-22-36-34(39)25-28-18-20-30(21-19-28)29-13-4-3-5-14-29/h3-8,11-16,18-21H,9-10,17,22-25H2,1-2H3,(H,36,39). The summed E-state index contributed by atoms with van der Waals surface area (Å²) >= 11 is 0. The van der Waals surface area contributed by atoms with Crippen LogP contribution in [0, 0.1) is 13.8 Å². The van der Waals surface area contributed by atoms with Gasteiger partial charge in [0.25, 0.3) is 0 Å². The molecule has 4 aromatic carbocycles. The van der Waals surface area contributed by atoms with Crippen LogP contribution < -0.4 is 10.1 Å². The molecular formula is C35H37N3O2. The van der Waals surface area contributed by atoms with Gasteiger partial charge >= 0.3 is 0 Å². The van der Waals surface area contributed by atoms with E-state index in [-0.39, 0.29) is 5.91 Å². The summed E-state index contributed by atoms with van der Waals surface area (Å²) in [5.41, 5.74) is 7.84. The van der Waals surface area contributed by atoms with Gasteiger partial charge in [-0.1, -0.05) is 84.9 Å². The zero-order valence-electron chi connectivity index (χ0n) is 23.4. The second-order valence-corrected chi connectivity index (χ2v) is 10.3. The lowest BCUT2D eigenvalue weighted by Crippen LogP contribution is -2.26. The Balaban J connectivity index is 1.11. The molecule has 0 bridgehead atoms. The van der Waals surface area contributed by atoms with E-state index in [4.69, 9.17) is 9.72 Å². The SMILES string of the molecule is Cc1cccc(C)c1OCCCn1c(CCCNC(=O)Cc2ccc(-c3ccccc3)cc2)nc2ccccc21. The fraction of sp³-hybridized carbons (Fsp3) is 0.257. The Kier molecular flexibility index (Phi) is 8.92. The summed E-state index contributed by atoms with van der Waals surface area (Å²) in [5.74, 6) is 2.09. The molecule has 5 nitrogen and oxygen atoms in total. The van der Waals surface area contributed by atoms with Gasteiger partial charge in [0.15, 0.2) is 0 Å². The van der Waals surface area contributed by atoms with E-state index >= 15 is 0 Å². The van der Waals surface area contributed by atoms with E-state index in [1.807, 2.05) is 36.4 Å². The van der Waals surface area contributed by atoms with Gasteiger partial charge in [-0.3, -0.25) is 4.79 Å². The molecule has 0 radical (unpaired) electrons. The van der Waals surface area contributed by atoms with Crippen molar-refractivity contribution in [1.82, 2.24) is 14.9 Å². The molecule has 40 heavy (non-hydrogen) atoms. The number of aryl methyl sites for hydroxylation is 4. The average Bonchev–Trinajstić information content (AvgIpc) is 3.33. The minimum absolute atomic E-state index is 0.0459. The topological polar surface area (TPSA) is 56.1 Å². The number of fused-ring (bicyclic) bond motifs is 1. The second-order valence-electron chi connectivity index (χ2n) is 10.3. The highest BCUT2D eigenvalue weighted by atomic mass is 16.5. The summed E-state index contributed by atoms with van der Waals surface area (Å²) < 4.78 is 8.44. The van der Waals surface area contributed by atoms with Crippen LogP contribution in [-0.2, 0) is 24.2 Å². The molecule has 5 heteroatoms. The Bertz CT molecular complexity index is 1540. The fourth-order valence-corrected chi connectivity index (χ4v) is 5.16. The Morgan fingerprint density at radius 1 is 0.800 bits per heavy atom. The van der Waals surface area contributed by atoms with Gasteiger partial charge in [0.05, 0.1) is 24.1 Å². The van der Waals surface area contributed by atoms with Crippen molar-refractivity contribution in [3.63, 3.8) is 0 Å². The maximum absolute atomic E-state index is 12.6. The van der Waals surface area contributed by atoms with E-state index in [2.05, 4.69) is 84.4 Å². The highest BCUT2D eigenvalue weighted by molar-refractivity contribution is 5.79. The Labute approximate surface area is 236 Å². The third-order valence-corrected chi connectivity index (χ3v) is 7.24. The number of para-hydroxylation sites is 3. The number of carbonyl (C=O) groups excluding carboxylic acids is 1. The van der Waals surface area contributed by atoms with Gasteiger partial charge in [0.1, 0.15) is 11.6 Å². The molecule has 5 rings (SSSR count). The summed E-state index contributed by atoms with van der Waals surface area (Å²) in [6.45, 7) is 6.29. The number of aromatic nitrogens is 2. The van der Waals surface area contributed by atoms with E-state index < -0.39 is 0 Å². The molecule has 0 atom stereocenters. The van der Waals surface area contributed by atoms with Crippen molar-refractivity contribution in [2.24, 2.45) is 0 Å². The molecule has 0 aliphatic rings. The summed E-state index contributed by atoms with van der Waals surface area (Å²) in [6, 6.07) is 33.0. The smallest absolute Gasteiger partial charge is 0.224 e. The van der Waals surface area contributed by atoms with Crippen LogP contribution in [0.25, 0.3) is 22.2 Å². The van der Waals surface area contributed by atoms with Crippen LogP contribution in [0.2, 0.25) is 0 Å². The molecule has 1 amide bonds. The lowest BCUT2D eigenvalue weighted by Gasteiger charge is -2.13. The van der Waals surface area contributed by atoms with Crippen molar-refractivity contribution in [2.45, 2.75) is 46.1 Å². The van der Waals surface area contributed by atoms with Gasteiger partial charge in [-0.05, 0) is 66.6 Å². The molecule has 0 aliphatic carbocycles. The van der Waals surface area contributed by atoms with E-state index in [0.717, 1.165) is 59.5 Å². The normalized spacial score (nSPS) is 11.1. The van der Waals surface area contributed by atoms with Gasteiger partial charge < -0.3 is 14.6 Å². The molecule has 0 aliphatic heterocycles. The number of hydrogen-bond acceptors (Lipinski definition) is 3. The summed E-state index contributed by atoms with van der Waals surface area (Å²) in [5, 5.41) is 3.09. The van der Waals surface area contributed by atoms with Crippen molar-refractivity contribution >= 4 is 16.9 Å². The van der Waals surface area contributed by atoms with Crippen molar-refractivity contribution < 1.29 is 9.53 Å². The van der Waals surface area contributed by atoms with Crippen molar-refractivity contribution in [3.05, 3.63) is 120 Å². The van der Waals surface area contributed by atoms with Crippen molar-refractivity contribution in [3.8, 4) is 16.9 Å². The molecule has 1 N–H and O–H groups in total. The lowest BCUT2D eigenvalue weighted by atomic mass is 10.0. The predicted molar refractivity (Wildman–Crippen MR) is 163 cm³/mol. The fourth-order valence-electron chi connectivity index (χ4n) is 5.16. The van der Waals surface area contributed by atoms with E-state index in [1.54, 1.807) is 0 Å². The first kappa shape index (κ1) is 27.2. The number of imidazole rings is 1. The zero-order chi connectivity index (χ0) is 27.7. The monoisotopic (exact) mass is 531 g/mol. The number of hydrogen-bond donors (Lipinski definition) is 1. The van der Waals surface area contributed by atoms with Crippen LogP contribution >= 0.6 is 0 Å². The third-order valence-electron chi connectivity index (χ3n) is 7.24. The van der Waals surface area contributed by atoms with Gasteiger partial charge in [-0.25, -0.2) is 4.98 Å². The summed E-state index contributed by atoms with van der Waals surface area (Å²) in [7, 11) is 0. The van der Waals surface area contributed by atoms with Crippen LogP contribution in [-0.4, -0.2) is 28.6 Å². The number of benzene rings is 4. The Morgan fingerprint density at radius 2 is 1.50 bits per heavy atom. The minimum Gasteiger partial charge on any atom is -0.493 e. The van der Waals surface area contributed by atoms with Crippen molar-refractivity contribution in [2.75, 3.05) is 13.2 Å². The second kappa shape index (κ2) is 13.1. The van der Waals surface area contributed by atoms with Crippen LogP contribution in [0.5, 0.6) is 5.75 Å². The molecule has 0 saturated heterocycles. The first-order valence-electron chi connectivity index (χ1n) is 14.1. The Hall–Kier alpha value is -4.38. The van der Waals surface area contributed by atoms with Gasteiger partial charge in [-0.15, -0.1) is 0 Å². The molecule has 5 aromatic rings. The van der Waals surface area contributed by atoms with E-state index in [9.17, 15) is 4.79 Å². The van der Waals surface area contributed by atoms with Crippen LogP contribution in [0.1, 0.15) is 35.4 Å². The van der Waals surface area contributed by atoms with Gasteiger partial charge in [0.2, 0.25) is 5.91 Å². The van der Waals surface area contributed by atoms with Crippen molar-refractivity contribution in [1.29, 1.82) is 0 Å². The lowest BCUT2D eigenvalue weighted by molar-refractivity contribution is -0.120. The highest BCUT2D eigenvalue weighted by Gasteiger charge is 2.11. The quantitative estimate of drug-likeness (QED) is 0.175. The largest absolute Gasteiger partial charge is 0.493 e. The molecule has 204 valence electrons. The molecule has 0 spiro atoms. The summed E-state index contributed by atoms with van der Waals surface area (Å²) in [6.07, 6.45) is 2.91. The third kappa shape index (κ3) is 6.78.